The van der Waals surface area contributed by atoms with E-state index in [1.165, 1.54) is 24.2 Å². The van der Waals surface area contributed by atoms with Crippen LogP contribution in [0.4, 0.5) is 5.69 Å². The molecule has 6 nitrogen and oxygen atoms in total. The number of terminal acetylenes is 1. The summed E-state index contributed by atoms with van der Waals surface area (Å²) >= 11 is 0. The minimum atomic E-state index is -0.768. The predicted molar refractivity (Wildman–Crippen MR) is 111 cm³/mol. The van der Waals surface area contributed by atoms with Crippen LogP contribution in [0.25, 0.3) is 11.0 Å². The minimum absolute atomic E-state index is 0.349. The summed E-state index contributed by atoms with van der Waals surface area (Å²) in [5, 5.41) is 0. The van der Waals surface area contributed by atoms with Crippen LogP contribution in [0.1, 0.15) is 39.0 Å². The van der Waals surface area contributed by atoms with E-state index in [0.717, 1.165) is 29.8 Å². The second-order valence-corrected chi connectivity index (χ2v) is 9.76. The topological polar surface area (TPSA) is 81.2 Å². The molecule has 0 saturated heterocycles. The number of amides is 2. The molecule has 1 aromatic carbocycles. The van der Waals surface area contributed by atoms with Gasteiger partial charge in [-0.1, -0.05) is 6.92 Å². The van der Waals surface area contributed by atoms with Crippen molar-refractivity contribution in [2.75, 3.05) is 4.90 Å². The molecule has 5 unspecified atom stereocenters. The molecule has 29 heavy (non-hydrogen) atoms. The molecule has 5 atom stereocenters. The zero-order valence-corrected chi connectivity index (χ0v) is 16.9. The second kappa shape index (κ2) is 5.85. The van der Waals surface area contributed by atoms with Crippen molar-refractivity contribution in [1.29, 1.82) is 0 Å². The number of anilines is 1. The second-order valence-electron chi connectivity index (χ2n) is 9.76. The van der Waals surface area contributed by atoms with Crippen LogP contribution in [0.5, 0.6) is 0 Å². The molecule has 3 aliphatic rings. The number of benzene rings is 1. The quantitative estimate of drug-likeness (QED) is 0.815. The van der Waals surface area contributed by atoms with E-state index in [-0.39, 0.29) is 5.41 Å². The van der Waals surface area contributed by atoms with Gasteiger partial charge in [-0.2, -0.15) is 0 Å². The van der Waals surface area contributed by atoms with E-state index in [2.05, 4.69) is 17.8 Å². The molecule has 3 fully saturated rings. The number of imidazole rings is 1. The molecule has 0 aliphatic heterocycles. The van der Waals surface area contributed by atoms with Gasteiger partial charge in [0.25, 0.3) is 0 Å². The van der Waals surface area contributed by atoms with Crippen molar-refractivity contribution in [2.45, 2.75) is 45.1 Å². The first-order valence-electron chi connectivity index (χ1n) is 10.3. The molecule has 2 amide bonds. The molecule has 6 heteroatoms. The molecule has 1 spiro atoms. The van der Waals surface area contributed by atoms with Gasteiger partial charge < -0.3 is 10.3 Å². The lowest BCUT2D eigenvalue weighted by Crippen LogP contribution is -2.58. The number of aryl methyl sites for hydroxylation is 1. The maximum atomic E-state index is 12.9. The van der Waals surface area contributed by atoms with Crippen molar-refractivity contribution in [3.8, 4) is 12.3 Å². The van der Waals surface area contributed by atoms with Crippen molar-refractivity contribution in [2.24, 2.45) is 35.4 Å². The third-order valence-corrected chi connectivity index (χ3v) is 7.70. The number of nitrogens with two attached hydrogens (primary N) is 1. The maximum absolute atomic E-state index is 12.9. The summed E-state index contributed by atoms with van der Waals surface area (Å²) in [6.07, 6.45) is 12.8. The molecular weight excluding hydrogens is 364 g/mol. The fourth-order valence-corrected chi connectivity index (χ4v) is 6.76. The largest absolute Gasteiger partial charge is 0.368 e. The Morgan fingerprint density at radius 1 is 1.38 bits per heavy atom. The van der Waals surface area contributed by atoms with Gasteiger partial charge >= 0.3 is 5.91 Å². The highest BCUT2D eigenvalue weighted by atomic mass is 16.2. The Morgan fingerprint density at radius 3 is 2.86 bits per heavy atom. The van der Waals surface area contributed by atoms with Gasteiger partial charge in [0.15, 0.2) is 0 Å². The van der Waals surface area contributed by atoms with Gasteiger partial charge in [-0.25, -0.2) is 4.98 Å². The Hall–Kier alpha value is -2.81. The lowest BCUT2D eigenvalue weighted by atomic mass is 9.63. The number of aromatic nitrogens is 2. The van der Waals surface area contributed by atoms with Gasteiger partial charge in [0, 0.05) is 12.7 Å². The molecule has 2 N–H and O–H groups in total. The zero-order chi connectivity index (χ0) is 20.6. The fourth-order valence-electron chi connectivity index (χ4n) is 6.76. The number of hydrogen-bond acceptors (Lipinski definition) is 3. The van der Waals surface area contributed by atoms with E-state index < -0.39 is 17.9 Å². The van der Waals surface area contributed by atoms with Crippen molar-refractivity contribution < 1.29 is 9.59 Å². The first-order chi connectivity index (χ1) is 13.8. The fraction of sp³-hybridized carbons (Fsp3) is 0.522. The molecule has 150 valence electrons. The maximum Gasteiger partial charge on any atom is 0.303 e. The lowest BCUT2D eigenvalue weighted by molar-refractivity contribution is -0.126. The van der Waals surface area contributed by atoms with E-state index >= 15 is 0 Å². The average Bonchev–Trinajstić information content (AvgIpc) is 3.02. The van der Waals surface area contributed by atoms with Crippen LogP contribution in [-0.4, -0.2) is 27.4 Å². The van der Waals surface area contributed by atoms with Crippen molar-refractivity contribution in [1.82, 2.24) is 9.55 Å². The van der Waals surface area contributed by atoms with E-state index in [0.29, 0.717) is 17.0 Å². The zero-order valence-electron chi connectivity index (χ0n) is 16.9. The highest BCUT2D eigenvalue weighted by Crippen LogP contribution is 2.74. The SMILES string of the molecule is C#CC(=O)N(c1ccc2ncn(C)c2c1)C(C(N)=O)C1(C)CC2CC3CC3(C2)C1. The van der Waals surface area contributed by atoms with Gasteiger partial charge in [-0.3, -0.25) is 14.5 Å². The number of rotatable bonds is 4. The van der Waals surface area contributed by atoms with Crippen molar-refractivity contribution in [3.63, 3.8) is 0 Å². The van der Waals surface area contributed by atoms with E-state index in [1.807, 2.05) is 23.7 Å². The van der Waals surface area contributed by atoms with Gasteiger partial charge in [0.05, 0.1) is 17.4 Å². The molecule has 1 aromatic heterocycles. The Kier molecular flexibility index (Phi) is 3.68. The molecular formula is C23H26N4O2. The van der Waals surface area contributed by atoms with E-state index in [4.69, 9.17) is 12.2 Å². The summed E-state index contributed by atoms with van der Waals surface area (Å²) in [7, 11) is 1.89. The van der Waals surface area contributed by atoms with Gasteiger partial charge in [0.1, 0.15) is 6.04 Å². The van der Waals surface area contributed by atoms with Crippen LogP contribution in [-0.2, 0) is 16.6 Å². The summed E-state index contributed by atoms with van der Waals surface area (Å²) in [4.78, 5) is 31.5. The highest BCUT2D eigenvalue weighted by Gasteiger charge is 2.67. The number of carbonyl (C=O) groups excluding carboxylic acids is 2. The molecule has 5 rings (SSSR count). The van der Waals surface area contributed by atoms with Gasteiger partial charge in [0.2, 0.25) is 5.91 Å². The average molecular weight is 390 g/mol. The summed E-state index contributed by atoms with van der Waals surface area (Å²) in [5.41, 5.74) is 8.21. The summed E-state index contributed by atoms with van der Waals surface area (Å²) in [6, 6.07) is 4.75. The standard InChI is InChI=1S/C23H26N4O2/c1-4-19(28)27(16-5-6-17-18(8-16)26(3)13-25-17)20(21(24)29)22(2)9-14-7-15-11-23(15,10-14)12-22/h1,5-6,8,13-15,20H,7,9-12H2,2-3H3,(H2,24,29). The van der Waals surface area contributed by atoms with Crippen LogP contribution in [0, 0.1) is 35.0 Å². The van der Waals surface area contributed by atoms with Crippen LogP contribution < -0.4 is 10.6 Å². The molecule has 3 saturated carbocycles. The van der Waals surface area contributed by atoms with Crippen LogP contribution in [0.3, 0.4) is 0 Å². The lowest BCUT2D eigenvalue weighted by Gasteiger charge is -2.47. The number of hydrogen-bond donors (Lipinski definition) is 1. The van der Waals surface area contributed by atoms with Gasteiger partial charge in [-0.15, -0.1) is 6.42 Å². The number of primary amides is 1. The highest BCUT2D eigenvalue weighted by molar-refractivity contribution is 6.10. The first kappa shape index (κ1) is 18.2. The summed E-state index contributed by atoms with van der Waals surface area (Å²) in [6.45, 7) is 2.12. The van der Waals surface area contributed by atoms with Crippen molar-refractivity contribution in [3.05, 3.63) is 24.5 Å². The summed E-state index contributed by atoms with van der Waals surface area (Å²) < 4.78 is 1.88. The Morgan fingerprint density at radius 2 is 2.17 bits per heavy atom. The van der Waals surface area contributed by atoms with Crippen LogP contribution >= 0.6 is 0 Å². The Labute approximate surface area is 170 Å². The monoisotopic (exact) mass is 390 g/mol. The third kappa shape index (κ3) is 2.60. The molecule has 2 bridgehead atoms. The third-order valence-electron chi connectivity index (χ3n) is 7.70. The Bertz CT molecular complexity index is 1080. The number of nitrogens with zero attached hydrogens (tertiary/aromatic N) is 3. The van der Waals surface area contributed by atoms with Gasteiger partial charge in [-0.05, 0) is 78.9 Å². The van der Waals surface area contributed by atoms with Crippen LogP contribution in [0.2, 0.25) is 0 Å². The number of fused-ring (bicyclic) bond motifs is 2. The predicted octanol–water partition coefficient (Wildman–Crippen LogP) is 2.61. The summed E-state index contributed by atoms with van der Waals surface area (Å²) in [5.74, 6) is 2.60. The number of carbonyl (C=O) groups is 2. The van der Waals surface area contributed by atoms with Crippen molar-refractivity contribution >= 4 is 28.5 Å². The molecule has 1 heterocycles. The van der Waals surface area contributed by atoms with Crippen LogP contribution in [0.15, 0.2) is 24.5 Å². The molecule has 2 aromatic rings. The normalized spacial score (nSPS) is 33.0. The minimum Gasteiger partial charge on any atom is -0.368 e. The first-order valence-corrected chi connectivity index (χ1v) is 10.3. The smallest absolute Gasteiger partial charge is 0.303 e. The van der Waals surface area contributed by atoms with E-state index in [1.54, 1.807) is 12.4 Å². The van der Waals surface area contributed by atoms with E-state index in [9.17, 15) is 9.59 Å². The Balaban J connectivity index is 1.61. The molecule has 3 aliphatic carbocycles. The molecule has 0 radical (unpaired) electrons.